The molecule has 21 heavy (non-hydrogen) atoms. The summed E-state index contributed by atoms with van der Waals surface area (Å²) in [5.41, 5.74) is 3.02. The summed E-state index contributed by atoms with van der Waals surface area (Å²) in [6.07, 6.45) is 0. The third-order valence-electron chi connectivity index (χ3n) is 2.75. The van der Waals surface area contributed by atoms with E-state index in [2.05, 4.69) is 31.5 Å². The van der Waals surface area contributed by atoms with Crippen molar-refractivity contribution >= 4 is 39.1 Å². The minimum absolute atomic E-state index is 0.244. The maximum Gasteiger partial charge on any atom is 0.251 e. The molecule has 1 unspecified atom stereocenters. The number of aromatic nitrogens is 1. The molecule has 0 radical (unpaired) electrons. The van der Waals surface area contributed by atoms with Gasteiger partial charge in [0.15, 0.2) is 0 Å². The predicted molar refractivity (Wildman–Crippen MR) is 85.0 cm³/mol. The Morgan fingerprint density at radius 2 is 2.24 bits per heavy atom. The van der Waals surface area contributed by atoms with Crippen LogP contribution in [-0.2, 0) is 11.3 Å². The number of rotatable bonds is 5. The molecule has 7 heteroatoms. The molecule has 1 atom stereocenters. The SMILES string of the molecule is CC(NC(=O)c1cccc(Br)c1)C(=O)NCc1cscn1. The maximum atomic E-state index is 12.0. The number of nitrogens with one attached hydrogen (secondary N) is 2. The Morgan fingerprint density at radius 3 is 2.90 bits per heavy atom. The predicted octanol–water partition coefficient (Wildman–Crippen LogP) is 2.34. The maximum absolute atomic E-state index is 12.0. The first-order valence-electron chi connectivity index (χ1n) is 6.27. The van der Waals surface area contributed by atoms with E-state index in [-0.39, 0.29) is 11.8 Å². The zero-order valence-corrected chi connectivity index (χ0v) is 13.7. The summed E-state index contributed by atoms with van der Waals surface area (Å²) in [6.45, 7) is 2.01. The van der Waals surface area contributed by atoms with Gasteiger partial charge in [-0.1, -0.05) is 22.0 Å². The van der Waals surface area contributed by atoms with E-state index in [1.165, 1.54) is 11.3 Å². The molecule has 0 spiro atoms. The average Bonchev–Trinajstić information content (AvgIpc) is 2.97. The topological polar surface area (TPSA) is 71.1 Å². The van der Waals surface area contributed by atoms with Crippen molar-refractivity contribution in [2.75, 3.05) is 0 Å². The Bertz CT molecular complexity index is 631. The van der Waals surface area contributed by atoms with Gasteiger partial charge in [-0.15, -0.1) is 11.3 Å². The molecule has 5 nitrogen and oxygen atoms in total. The van der Waals surface area contributed by atoms with E-state index < -0.39 is 6.04 Å². The Balaban J connectivity index is 1.86. The highest BCUT2D eigenvalue weighted by Gasteiger charge is 2.16. The zero-order chi connectivity index (χ0) is 15.2. The van der Waals surface area contributed by atoms with Gasteiger partial charge in [0.05, 0.1) is 17.7 Å². The summed E-state index contributed by atoms with van der Waals surface area (Å²) in [6, 6.07) is 6.39. The second kappa shape index (κ2) is 7.33. The Hall–Kier alpha value is -1.73. The van der Waals surface area contributed by atoms with Crippen LogP contribution in [0.5, 0.6) is 0 Å². The number of hydrogen-bond acceptors (Lipinski definition) is 4. The van der Waals surface area contributed by atoms with Gasteiger partial charge in [-0.2, -0.15) is 0 Å². The fraction of sp³-hybridized carbons (Fsp3) is 0.214. The third-order valence-corrected chi connectivity index (χ3v) is 3.88. The van der Waals surface area contributed by atoms with Crippen molar-refractivity contribution in [3.63, 3.8) is 0 Å². The molecule has 1 aromatic heterocycles. The van der Waals surface area contributed by atoms with E-state index in [4.69, 9.17) is 0 Å². The molecule has 2 aromatic rings. The largest absolute Gasteiger partial charge is 0.349 e. The first kappa shape index (κ1) is 15.7. The average molecular weight is 368 g/mol. The Labute approximate surface area is 134 Å². The van der Waals surface area contributed by atoms with E-state index >= 15 is 0 Å². The minimum Gasteiger partial charge on any atom is -0.349 e. The molecule has 1 aromatic carbocycles. The van der Waals surface area contributed by atoms with Crippen LogP contribution in [0.15, 0.2) is 39.6 Å². The first-order valence-corrected chi connectivity index (χ1v) is 8.01. The van der Waals surface area contributed by atoms with Gasteiger partial charge in [0.25, 0.3) is 5.91 Å². The van der Waals surface area contributed by atoms with Crippen LogP contribution in [0, 0.1) is 0 Å². The summed E-state index contributed by atoms with van der Waals surface area (Å²) in [5, 5.41) is 7.26. The lowest BCUT2D eigenvalue weighted by atomic mass is 10.2. The van der Waals surface area contributed by atoms with Crippen LogP contribution in [0.4, 0.5) is 0 Å². The van der Waals surface area contributed by atoms with Gasteiger partial charge >= 0.3 is 0 Å². The highest BCUT2D eigenvalue weighted by atomic mass is 79.9. The van der Waals surface area contributed by atoms with Crippen molar-refractivity contribution in [2.24, 2.45) is 0 Å². The van der Waals surface area contributed by atoms with Gasteiger partial charge in [-0.3, -0.25) is 9.59 Å². The standard InChI is InChI=1S/C14H14BrN3O2S/c1-9(13(19)16-6-12-7-21-8-17-12)18-14(20)10-3-2-4-11(15)5-10/h2-5,7-9H,6H2,1H3,(H,16,19)(H,18,20). The number of thiazole rings is 1. The van der Waals surface area contributed by atoms with E-state index in [1.807, 2.05) is 11.4 Å². The molecular weight excluding hydrogens is 354 g/mol. The molecule has 0 saturated carbocycles. The molecular formula is C14H14BrN3O2S. The minimum atomic E-state index is -0.616. The fourth-order valence-electron chi connectivity index (χ4n) is 1.63. The van der Waals surface area contributed by atoms with Gasteiger partial charge in [-0.05, 0) is 25.1 Å². The molecule has 0 bridgehead atoms. The van der Waals surface area contributed by atoms with E-state index in [9.17, 15) is 9.59 Å². The van der Waals surface area contributed by atoms with Gasteiger partial charge in [0.1, 0.15) is 6.04 Å². The van der Waals surface area contributed by atoms with E-state index in [0.717, 1.165) is 10.2 Å². The quantitative estimate of drug-likeness (QED) is 0.851. The number of carbonyl (C=O) groups is 2. The number of benzene rings is 1. The zero-order valence-electron chi connectivity index (χ0n) is 11.3. The lowest BCUT2D eigenvalue weighted by molar-refractivity contribution is -0.122. The number of halogens is 1. The molecule has 2 rings (SSSR count). The van der Waals surface area contributed by atoms with Gasteiger partial charge in [-0.25, -0.2) is 4.98 Å². The highest BCUT2D eigenvalue weighted by molar-refractivity contribution is 9.10. The third kappa shape index (κ3) is 4.64. The second-order valence-corrected chi connectivity index (χ2v) is 6.04. The van der Waals surface area contributed by atoms with Crippen molar-refractivity contribution < 1.29 is 9.59 Å². The summed E-state index contributed by atoms with van der Waals surface area (Å²) >= 11 is 4.78. The highest BCUT2D eigenvalue weighted by Crippen LogP contribution is 2.11. The number of carbonyl (C=O) groups excluding carboxylic acids is 2. The summed E-state index contributed by atoms with van der Waals surface area (Å²) in [5.74, 6) is -0.529. The normalized spacial score (nSPS) is 11.7. The smallest absolute Gasteiger partial charge is 0.251 e. The number of nitrogens with zero attached hydrogens (tertiary/aromatic N) is 1. The van der Waals surface area contributed by atoms with Crippen LogP contribution in [0.2, 0.25) is 0 Å². The van der Waals surface area contributed by atoms with E-state index in [0.29, 0.717) is 12.1 Å². The van der Waals surface area contributed by atoms with Crippen molar-refractivity contribution in [2.45, 2.75) is 19.5 Å². The molecule has 2 N–H and O–H groups in total. The number of amides is 2. The van der Waals surface area contributed by atoms with Crippen molar-refractivity contribution in [1.82, 2.24) is 15.6 Å². The van der Waals surface area contributed by atoms with Crippen LogP contribution >= 0.6 is 27.3 Å². The van der Waals surface area contributed by atoms with Crippen LogP contribution in [0.25, 0.3) is 0 Å². The molecule has 0 fully saturated rings. The molecule has 110 valence electrons. The lowest BCUT2D eigenvalue weighted by Gasteiger charge is -2.13. The van der Waals surface area contributed by atoms with Crippen molar-refractivity contribution in [3.8, 4) is 0 Å². The summed E-state index contributed by atoms with van der Waals surface area (Å²) in [7, 11) is 0. The van der Waals surface area contributed by atoms with Crippen LogP contribution < -0.4 is 10.6 Å². The first-order chi connectivity index (χ1) is 10.1. The molecule has 1 heterocycles. The lowest BCUT2D eigenvalue weighted by Crippen LogP contribution is -2.44. The fourth-order valence-corrected chi connectivity index (χ4v) is 2.59. The monoisotopic (exact) mass is 367 g/mol. The number of hydrogen-bond donors (Lipinski definition) is 2. The van der Waals surface area contributed by atoms with Crippen molar-refractivity contribution in [1.29, 1.82) is 0 Å². The molecule has 0 saturated heterocycles. The molecule has 0 aliphatic heterocycles. The van der Waals surface area contributed by atoms with Crippen LogP contribution in [0.3, 0.4) is 0 Å². The Morgan fingerprint density at radius 1 is 1.43 bits per heavy atom. The second-order valence-electron chi connectivity index (χ2n) is 4.40. The molecule has 2 amide bonds. The van der Waals surface area contributed by atoms with E-state index in [1.54, 1.807) is 30.6 Å². The summed E-state index contributed by atoms with van der Waals surface area (Å²) < 4.78 is 0.816. The van der Waals surface area contributed by atoms with Crippen LogP contribution in [0.1, 0.15) is 23.0 Å². The van der Waals surface area contributed by atoms with Gasteiger partial charge in [0, 0.05) is 15.4 Å². The molecule has 0 aliphatic carbocycles. The van der Waals surface area contributed by atoms with Crippen molar-refractivity contribution in [3.05, 3.63) is 50.9 Å². The van der Waals surface area contributed by atoms with Crippen LogP contribution in [-0.4, -0.2) is 22.8 Å². The Kier molecular flexibility index (Phi) is 5.46. The van der Waals surface area contributed by atoms with Gasteiger partial charge < -0.3 is 10.6 Å². The van der Waals surface area contributed by atoms with Gasteiger partial charge in [0.2, 0.25) is 5.91 Å². The molecule has 0 aliphatic rings. The summed E-state index contributed by atoms with van der Waals surface area (Å²) in [4.78, 5) is 28.0.